The van der Waals surface area contributed by atoms with E-state index in [4.69, 9.17) is 5.26 Å². The first-order chi connectivity index (χ1) is 11.3. The summed E-state index contributed by atoms with van der Waals surface area (Å²) in [4.78, 5) is 18.6. The Morgan fingerprint density at radius 3 is 2.43 bits per heavy atom. The average Bonchev–Trinajstić information content (AvgIpc) is 2.63. The number of rotatable bonds is 3. The van der Waals surface area contributed by atoms with E-state index in [1.165, 1.54) is 6.42 Å². The molecule has 0 saturated carbocycles. The van der Waals surface area contributed by atoms with Gasteiger partial charge in [0, 0.05) is 25.0 Å². The highest BCUT2D eigenvalue weighted by Gasteiger charge is 2.18. The second kappa shape index (κ2) is 6.93. The molecule has 0 unspecified atom stereocenters. The Kier molecular flexibility index (Phi) is 4.53. The molecule has 0 spiro atoms. The summed E-state index contributed by atoms with van der Waals surface area (Å²) in [6.45, 7) is 1.67. The maximum Gasteiger partial charge on any atom is 0.255 e. The van der Waals surface area contributed by atoms with Gasteiger partial charge in [0.05, 0.1) is 17.2 Å². The molecular formula is C18H18N4O. The lowest BCUT2D eigenvalue weighted by atomic mass is 10.1. The van der Waals surface area contributed by atoms with E-state index in [-0.39, 0.29) is 5.91 Å². The van der Waals surface area contributed by atoms with Crippen LogP contribution in [0.15, 0.2) is 42.6 Å². The third-order valence-electron chi connectivity index (χ3n) is 3.94. The van der Waals surface area contributed by atoms with Gasteiger partial charge in [-0.05, 0) is 55.7 Å². The van der Waals surface area contributed by atoms with Crippen LogP contribution in [0.3, 0.4) is 0 Å². The van der Waals surface area contributed by atoms with Crippen LogP contribution in [0.5, 0.6) is 0 Å². The van der Waals surface area contributed by atoms with Crippen molar-refractivity contribution in [1.82, 2.24) is 9.88 Å². The Balaban J connectivity index is 1.66. The van der Waals surface area contributed by atoms with E-state index < -0.39 is 0 Å². The summed E-state index contributed by atoms with van der Waals surface area (Å²) < 4.78 is 0. The fraction of sp³-hybridized carbons (Fsp3) is 0.278. The first kappa shape index (κ1) is 15.0. The van der Waals surface area contributed by atoms with Crippen molar-refractivity contribution in [2.24, 2.45) is 0 Å². The maximum absolute atomic E-state index is 12.4. The van der Waals surface area contributed by atoms with Crippen molar-refractivity contribution in [3.8, 4) is 6.07 Å². The number of aromatic nitrogens is 1. The second-order valence-corrected chi connectivity index (χ2v) is 5.60. The van der Waals surface area contributed by atoms with Gasteiger partial charge in [0.15, 0.2) is 0 Å². The molecule has 1 N–H and O–H groups in total. The van der Waals surface area contributed by atoms with Crippen molar-refractivity contribution >= 4 is 17.4 Å². The van der Waals surface area contributed by atoms with Gasteiger partial charge in [-0.15, -0.1) is 0 Å². The lowest BCUT2D eigenvalue weighted by Gasteiger charge is -2.26. The number of anilines is 2. The van der Waals surface area contributed by atoms with E-state index in [1.54, 1.807) is 30.5 Å². The van der Waals surface area contributed by atoms with Crippen molar-refractivity contribution in [3.63, 3.8) is 0 Å². The highest BCUT2D eigenvalue weighted by atomic mass is 16.2. The minimum absolute atomic E-state index is 0.0575. The van der Waals surface area contributed by atoms with Gasteiger partial charge in [-0.3, -0.25) is 4.79 Å². The maximum atomic E-state index is 12.4. The summed E-state index contributed by atoms with van der Waals surface area (Å²) in [5.74, 6) is 0.729. The van der Waals surface area contributed by atoms with Crippen molar-refractivity contribution in [2.75, 3.05) is 18.4 Å². The molecule has 0 bridgehead atoms. The molecule has 0 aliphatic carbocycles. The molecule has 2 heterocycles. The number of benzene rings is 1. The molecule has 1 amide bonds. The lowest BCUT2D eigenvalue weighted by molar-refractivity contribution is 0.0724. The Hall–Kier alpha value is -2.87. The zero-order valence-electron chi connectivity index (χ0n) is 12.8. The zero-order chi connectivity index (χ0) is 16.1. The number of hydrogen-bond donors (Lipinski definition) is 1. The third-order valence-corrected chi connectivity index (χ3v) is 3.94. The summed E-state index contributed by atoms with van der Waals surface area (Å²) >= 11 is 0. The van der Waals surface area contributed by atoms with Gasteiger partial charge in [-0.1, -0.05) is 0 Å². The Morgan fingerprint density at radius 1 is 1.09 bits per heavy atom. The van der Waals surface area contributed by atoms with Gasteiger partial charge in [0.2, 0.25) is 0 Å². The largest absolute Gasteiger partial charge is 0.340 e. The summed E-state index contributed by atoms with van der Waals surface area (Å²) in [7, 11) is 0. The molecule has 1 aliphatic rings. The number of pyridine rings is 1. The minimum Gasteiger partial charge on any atom is -0.340 e. The normalized spacial score (nSPS) is 14.1. The standard InChI is InChI=1S/C18H18N4O/c19-12-14-4-7-16(8-5-14)21-17-9-6-15(13-20-17)18(23)22-10-2-1-3-11-22/h4-9,13H,1-3,10-11H2,(H,20,21). The summed E-state index contributed by atoms with van der Waals surface area (Å²) in [6.07, 6.45) is 4.98. The number of amides is 1. The topological polar surface area (TPSA) is 69.0 Å². The number of likely N-dealkylation sites (tertiary alicyclic amines) is 1. The minimum atomic E-state index is 0.0575. The van der Waals surface area contributed by atoms with Crippen LogP contribution >= 0.6 is 0 Å². The van der Waals surface area contributed by atoms with Crippen LogP contribution < -0.4 is 5.32 Å². The van der Waals surface area contributed by atoms with E-state index in [1.807, 2.05) is 17.0 Å². The van der Waals surface area contributed by atoms with E-state index in [9.17, 15) is 4.79 Å². The number of nitriles is 1. The highest BCUT2D eigenvalue weighted by molar-refractivity contribution is 5.94. The molecule has 1 fully saturated rings. The van der Waals surface area contributed by atoms with Crippen molar-refractivity contribution in [1.29, 1.82) is 5.26 Å². The number of nitrogens with zero attached hydrogens (tertiary/aromatic N) is 3. The third kappa shape index (κ3) is 3.67. The molecule has 1 aromatic carbocycles. The molecule has 5 nitrogen and oxygen atoms in total. The Morgan fingerprint density at radius 2 is 1.83 bits per heavy atom. The smallest absolute Gasteiger partial charge is 0.255 e. The number of hydrogen-bond acceptors (Lipinski definition) is 4. The van der Waals surface area contributed by atoms with Crippen molar-refractivity contribution in [3.05, 3.63) is 53.7 Å². The first-order valence-electron chi connectivity index (χ1n) is 7.79. The molecule has 0 atom stereocenters. The molecule has 2 aromatic rings. The van der Waals surface area contributed by atoms with Crippen LogP contribution in [0.2, 0.25) is 0 Å². The van der Waals surface area contributed by atoms with Crippen LogP contribution in [0.1, 0.15) is 35.2 Å². The monoisotopic (exact) mass is 306 g/mol. The molecule has 1 aliphatic heterocycles. The summed E-state index contributed by atoms with van der Waals surface area (Å²) in [5, 5.41) is 11.9. The highest BCUT2D eigenvalue weighted by Crippen LogP contribution is 2.17. The Labute approximate surface area is 135 Å². The Bertz CT molecular complexity index is 710. The van der Waals surface area contributed by atoms with Crippen LogP contribution in [0.25, 0.3) is 0 Å². The van der Waals surface area contributed by atoms with Crippen LogP contribution in [0, 0.1) is 11.3 Å². The second-order valence-electron chi connectivity index (χ2n) is 5.60. The average molecular weight is 306 g/mol. The lowest BCUT2D eigenvalue weighted by Crippen LogP contribution is -2.35. The molecule has 3 rings (SSSR count). The SMILES string of the molecule is N#Cc1ccc(Nc2ccc(C(=O)N3CCCCC3)cn2)cc1. The van der Waals surface area contributed by atoms with Gasteiger partial charge in [-0.2, -0.15) is 5.26 Å². The number of carbonyl (C=O) groups is 1. The van der Waals surface area contributed by atoms with E-state index in [0.29, 0.717) is 16.9 Å². The van der Waals surface area contributed by atoms with Gasteiger partial charge >= 0.3 is 0 Å². The van der Waals surface area contributed by atoms with Crippen LogP contribution in [-0.4, -0.2) is 28.9 Å². The van der Waals surface area contributed by atoms with Crippen LogP contribution in [0.4, 0.5) is 11.5 Å². The van der Waals surface area contributed by atoms with Gasteiger partial charge in [-0.25, -0.2) is 4.98 Å². The zero-order valence-corrected chi connectivity index (χ0v) is 12.8. The van der Waals surface area contributed by atoms with E-state index in [0.717, 1.165) is 31.6 Å². The molecule has 0 radical (unpaired) electrons. The summed E-state index contributed by atoms with van der Waals surface area (Å²) in [5.41, 5.74) is 2.09. The number of piperidine rings is 1. The summed E-state index contributed by atoms with van der Waals surface area (Å²) in [6, 6.07) is 12.8. The van der Waals surface area contributed by atoms with Gasteiger partial charge < -0.3 is 10.2 Å². The van der Waals surface area contributed by atoms with Gasteiger partial charge in [0.25, 0.3) is 5.91 Å². The fourth-order valence-electron chi connectivity index (χ4n) is 2.65. The van der Waals surface area contributed by atoms with E-state index in [2.05, 4.69) is 16.4 Å². The predicted octanol–water partition coefficient (Wildman–Crippen LogP) is 3.32. The van der Waals surface area contributed by atoms with Gasteiger partial charge in [0.1, 0.15) is 5.82 Å². The molecule has 23 heavy (non-hydrogen) atoms. The predicted molar refractivity (Wildman–Crippen MR) is 88.4 cm³/mol. The molecule has 5 heteroatoms. The van der Waals surface area contributed by atoms with Crippen LogP contribution in [-0.2, 0) is 0 Å². The molecule has 116 valence electrons. The van der Waals surface area contributed by atoms with Crippen molar-refractivity contribution in [2.45, 2.75) is 19.3 Å². The van der Waals surface area contributed by atoms with Crippen molar-refractivity contribution < 1.29 is 4.79 Å². The molecule has 1 saturated heterocycles. The first-order valence-corrected chi connectivity index (χ1v) is 7.79. The van der Waals surface area contributed by atoms with E-state index >= 15 is 0 Å². The number of carbonyl (C=O) groups excluding carboxylic acids is 1. The molecular weight excluding hydrogens is 288 g/mol. The number of nitrogens with one attached hydrogen (secondary N) is 1. The molecule has 1 aromatic heterocycles. The quantitative estimate of drug-likeness (QED) is 0.944. The fourth-order valence-corrected chi connectivity index (χ4v) is 2.65.